The molecule has 0 aliphatic heterocycles. The first-order valence-corrected chi connectivity index (χ1v) is 9.28. The summed E-state index contributed by atoms with van der Waals surface area (Å²) in [5, 5.41) is 4.31. The number of carbonyl (C=O) groups is 1. The number of hydrogen-bond acceptors (Lipinski definition) is 3. The Bertz CT molecular complexity index is 496. The van der Waals surface area contributed by atoms with Crippen LogP contribution in [0.2, 0.25) is 0 Å². The fourth-order valence-corrected chi connectivity index (χ4v) is 3.62. The molecule has 23 heavy (non-hydrogen) atoms. The molecule has 3 nitrogen and oxygen atoms in total. The molecule has 1 N–H and O–H groups in total. The Hall–Kier alpha value is -0.960. The van der Waals surface area contributed by atoms with Gasteiger partial charge in [-0.1, -0.05) is 37.8 Å². The summed E-state index contributed by atoms with van der Waals surface area (Å²) in [5.41, 5.74) is 1.17. The van der Waals surface area contributed by atoms with Gasteiger partial charge in [0.1, 0.15) is 5.60 Å². The Kier molecular flexibility index (Phi) is 6.19. The Balaban J connectivity index is 2.16. The quantitative estimate of drug-likeness (QED) is 0.728. The summed E-state index contributed by atoms with van der Waals surface area (Å²) in [4.78, 5) is 12.4. The number of esters is 1. The highest BCUT2D eigenvalue weighted by Crippen LogP contribution is 2.34. The van der Waals surface area contributed by atoms with Gasteiger partial charge in [0.2, 0.25) is 0 Å². The number of halogens is 1. The molecule has 0 saturated heterocycles. The van der Waals surface area contributed by atoms with Gasteiger partial charge in [-0.3, -0.25) is 0 Å². The second kappa shape index (κ2) is 7.74. The van der Waals surface area contributed by atoms with Crippen LogP contribution < -0.4 is 5.32 Å². The van der Waals surface area contributed by atoms with Crippen LogP contribution in [0.5, 0.6) is 0 Å². The molecule has 130 valence electrons. The van der Waals surface area contributed by atoms with Crippen LogP contribution in [-0.4, -0.2) is 17.6 Å². The van der Waals surface area contributed by atoms with Gasteiger partial charge >= 0.3 is 5.97 Å². The van der Waals surface area contributed by atoms with Crippen molar-refractivity contribution in [2.75, 3.05) is 0 Å². The van der Waals surface area contributed by atoms with E-state index in [9.17, 15) is 4.79 Å². The molecule has 0 aromatic rings. The zero-order chi connectivity index (χ0) is 17.0. The maximum absolute atomic E-state index is 12.4. The monoisotopic (exact) mass is 339 g/mol. The smallest absolute Gasteiger partial charge is 0.339 e. The minimum absolute atomic E-state index is 0.319. The van der Waals surface area contributed by atoms with E-state index in [4.69, 9.17) is 16.3 Å². The number of nitrogens with one attached hydrogen (secondary N) is 1. The van der Waals surface area contributed by atoms with Gasteiger partial charge in [-0.25, -0.2) is 4.79 Å². The average molecular weight is 340 g/mol. The van der Waals surface area contributed by atoms with Gasteiger partial charge in [-0.05, 0) is 52.5 Å². The van der Waals surface area contributed by atoms with Crippen LogP contribution >= 0.6 is 11.6 Å². The Labute approximate surface area is 145 Å². The van der Waals surface area contributed by atoms with E-state index < -0.39 is 5.60 Å². The first-order chi connectivity index (χ1) is 10.8. The Morgan fingerprint density at radius 1 is 1.30 bits per heavy atom. The molecule has 0 aromatic carbocycles. The lowest BCUT2D eigenvalue weighted by Gasteiger charge is -2.31. The number of hydrogen-bond donors (Lipinski definition) is 1. The molecule has 2 rings (SSSR count). The SMILES string of the molecule is CCC1CC(Cl)=C(C(=O)OC(C)(C)C)C=C1NC1CCCCC1. The van der Waals surface area contributed by atoms with Crippen molar-refractivity contribution in [3.63, 3.8) is 0 Å². The molecule has 1 atom stereocenters. The van der Waals surface area contributed by atoms with Crippen molar-refractivity contribution in [1.82, 2.24) is 5.32 Å². The lowest BCUT2D eigenvalue weighted by molar-refractivity contribution is -0.149. The molecule has 4 heteroatoms. The maximum atomic E-state index is 12.4. The van der Waals surface area contributed by atoms with E-state index in [1.807, 2.05) is 26.8 Å². The highest BCUT2D eigenvalue weighted by Gasteiger charge is 2.29. The summed E-state index contributed by atoms with van der Waals surface area (Å²) in [5.74, 6) is 0.0515. The van der Waals surface area contributed by atoms with E-state index >= 15 is 0 Å². The Morgan fingerprint density at radius 2 is 1.96 bits per heavy atom. The predicted octanol–water partition coefficient (Wildman–Crippen LogP) is 5.06. The summed E-state index contributed by atoms with van der Waals surface area (Å²) in [6.07, 6.45) is 10.0. The van der Waals surface area contributed by atoms with Gasteiger partial charge in [-0.15, -0.1) is 0 Å². The lowest BCUT2D eigenvalue weighted by atomic mass is 9.88. The highest BCUT2D eigenvalue weighted by atomic mass is 35.5. The van der Waals surface area contributed by atoms with Crippen LogP contribution in [0.4, 0.5) is 0 Å². The van der Waals surface area contributed by atoms with Gasteiger partial charge in [0.05, 0.1) is 5.57 Å². The minimum Gasteiger partial charge on any atom is -0.456 e. The first kappa shape index (κ1) is 18.4. The van der Waals surface area contributed by atoms with Crippen LogP contribution in [0.1, 0.15) is 72.6 Å². The molecule has 0 radical (unpaired) electrons. The van der Waals surface area contributed by atoms with Crippen LogP contribution in [0.3, 0.4) is 0 Å². The molecular weight excluding hydrogens is 310 g/mol. The molecule has 1 saturated carbocycles. The normalized spacial score (nSPS) is 23.5. The van der Waals surface area contributed by atoms with Crippen molar-refractivity contribution < 1.29 is 9.53 Å². The fourth-order valence-electron chi connectivity index (χ4n) is 3.30. The fraction of sp³-hybridized carbons (Fsp3) is 0.737. The third-order valence-corrected chi connectivity index (χ3v) is 4.90. The van der Waals surface area contributed by atoms with Gasteiger partial charge < -0.3 is 10.1 Å². The van der Waals surface area contributed by atoms with Gasteiger partial charge in [0.25, 0.3) is 0 Å². The number of ether oxygens (including phenoxy) is 1. The van der Waals surface area contributed by atoms with Gasteiger partial charge in [0.15, 0.2) is 0 Å². The van der Waals surface area contributed by atoms with Crippen molar-refractivity contribution in [2.24, 2.45) is 5.92 Å². The lowest BCUT2D eigenvalue weighted by Crippen LogP contribution is -2.35. The van der Waals surface area contributed by atoms with E-state index in [0.29, 0.717) is 22.6 Å². The van der Waals surface area contributed by atoms with Crippen molar-refractivity contribution >= 4 is 17.6 Å². The molecule has 2 aliphatic carbocycles. The largest absolute Gasteiger partial charge is 0.456 e. The van der Waals surface area contributed by atoms with Crippen LogP contribution in [-0.2, 0) is 9.53 Å². The minimum atomic E-state index is -0.506. The molecular formula is C19H30ClNO2. The molecule has 1 fully saturated rings. The van der Waals surface area contributed by atoms with E-state index in [0.717, 1.165) is 18.5 Å². The highest BCUT2D eigenvalue weighted by molar-refractivity contribution is 6.32. The third kappa shape index (κ3) is 5.27. The maximum Gasteiger partial charge on any atom is 0.339 e. The predicted molar refractivity (Wildman–Crippen MR) is 95.2 cm³/mol. The zero-order valence-corrected chi connectivity index (χ0v) is 15.6. The molecule has 1 unspecified atom stereocenters. The van der Waals surface area contributed by atoms with Crippen molar-refractivity contribution in [1.29, 1.82) is 0 Å². The summed E-state index contributed by atoms with van der Waals surface area (Å²) in [6.45, 7) is 7.80. The standard InChI is InChI=1S/C19H30ClNO2/c1-5-13-11-16(20)15(18(22)23-19(2,3)4)12-17(13)21-14-9-7-6-8-10-14/h12-14,21H,5-11H2,1-4H3. The summed E-state index contributed by atoms with van der Waals surface area (Å²) >= 11 is 6.39. The number of allylic oxidation sites excluding steroid dienone is 2. The summed E-state index contributed by atoms with van der Waals surface area (Å²) < 4.78 is 5.50. The summed E-state index contributed by atoms with van der Waals surface area (Å²) in [6, 6.07) is 0.529. The zero-order valence-electron chi connectivity index (χ0n) is 14.9. The molecule has 0 spiro atoms. The van der Waals surface area contributed by atoms with Crippen LogP contribution in [0.15, 0.2) is 22.4 Å². The molecule has 0 heterocycles. The second-order valence-corrected chi connectivity index (χ2v) is 8.16. The van der Waals surface area contributed by atoms with Crippen molar-refractivity contribution in [3.05, 3.63) is 22.4 Å². The molecule has 2 aliphatic rings. The van der Waals surface area contributed by atoms with Crippen molar-refractivity contribution in [2.45, 2.75) is 84.3 Å². The van der Waals surface area contributed by atoms with E-state index in [1.54, 1.807) is 0 Å². The van der Waals surface area contributed by atoms with E-state index in [2.05, 4.69) is 12.2 Å². The van der Waals surface area contributed by atoms with Crippen molar-refractivity contribution in [3.8, 4) is 0 Å². The van der Waals surface area contributed by atoms with Gasteiger partial charge in [0, 0.05) is 22.7 Å². The second-order valence-electron chi connectivity index (χ2n) is 7.71. The summed E-state index contributed by atoms with van der Waals surface area (Å²) in [7, 11) is 0. The molecule has 0 aromatic heterocycles. The molecule has 0 amide bonds. The van der Waals surface area contributed by atoms with E-state index in [1.165, 1.54) is 32.1 Å². The number of carbonyl (C=O) groups excluding carboxylic acids is 1. The first-order valence-electron chi connectivity index (χ1n) is 8.90. The van der Waals surface area contributed by atoms with E-state index in [-0.39, 0.29) is 5.97 Å². The van der Waals surface area contributed by atoms with Crippen LogP contribution in [0, 0.1) is 5.92 Å². The Morgan fingerprint density at radius 3 is 2.52 bits per heavy atom. The van der Waals surface area contributed by atoms with Crippen LogP contribution in [0.25, 0.3) is 0 Å². The number of rotatable bonds is 4. The average Bonchev–Trinajstić information content (AvgIpc) is 2.47. The topological polar surface area (TPSA) is 38.3 Å². The molecule has 0 bridgehead atoms. The van der Waals surface area contributed by atoms with Gasteiger partial charge in [-0.2, -0.15) is 0 Å². The third-order valence-electron chi connectivity index (χ3n) is 4.55.